The zero-order chi connectivity index (χ0) is 12.3. The Balaban J connectivity index is 1.99. The van der Waals surface area contributed by atoms with Crippen LogP contribution in [0.15, 0.2) is 24.3 Å². The van der Waals surface area contributed by atoms with Crippen molar-refractivity contribution in [1.82, 2.24) is 4.90 Å². The van der Waals surface area contributed by atoms with Crippen LogP contribution in [-0.2, 0) is 0 Å². The Hall–Kier alpha value is -1.06. The highest BCUT2D eigenvalue weighted by molar-refractivity contribution is 5.48. The van der Waals surface area contributed by atoms with Crippen molar-refractivity contribution in [3.05, 3.63) is 29.8 Å². The molecule has 0 spiro atoms. The third kappa shape index (κ3) is 2.99. The number of hydrogen-bond acceptors (Lipinski definition) is 3. The van der Waals surface area contributed by atoms with Gasteiger partial charge in [-0.15, -0.1) is 0 Å². The van der Waals surface area contributed by atoms with Gasteiger partial charge in [0.2, 0.25) is 0 Å². The highest BCUT2D eigenvalue weighted by atomic mass is 15.3. The molecule has 1 fully saturated rings. The monoisotopic (exact) mass is 233 g/mol. The molecule has 0 aromatic heterocycles. The van der Waals surface area contributed by atoms with Crippen molar-refractivity contribution in [2.45, 2.75) is 19.9 Å². The van der Waals surface area contributed by atoms with Gasteiger partial charge in [-0.25, -0.2) is 0 Å². The minimum atomic E-state index is 0.591. The van der Waals surface area contributed by atoms with Crippen LogP contribution in [0.5, 0.6) is 0 Å². The number of nitrogens with zero attached hydrogens (tertiary/aromatic N) is 2. The molecule has 3 nitrogen and oxygen atoms in total. The lowest BCUT2D eigenvalue weighted by molar-refractivity contribution is 0.195. The van der Waals surface area contributed by atoms with Gasteiger partial charge in [0, 0.05) is 44.5 Å². The summed E-state index contributed by atoms with van der Waals surface area (Å²) in [6.45, 7) is 9.52. The lowest BCUT2D eigenvalue weighted by atomic mass is 10.1. The van der Waals surface area contributed by atoms with Crippen LogP contribution in [0, 0.1) is 6.92 Å². The molecule has 0 saturated carbocycles. The van der Waals surface area contributed by atoms with E-state index in [-0.39, 0.29) is 0 Å². The lowest BCUT2D eigenvalue weighted by Crippen LogP contribution is -2.53. The SMILES string of the molecule is Cc1ccc(N2CCN(CCN)C(C)C2)cc1. The molecule has 17 heavy (non-hydrogen) atoms. The van der Waals surface area contributed by atoms with Gasteiger partial charge >= 0.3 is 0 Å². The van der Waals surface area contributed by atoms with E-state index in [9.17, 15) is 0 Å². The minimum Gasteiger partial charge on any atom is -0.369 e. The number of rotatable bonds is 3. The Morgan fingerprint density at radius 3 is 2.53 bits per heavy atom. The molecular weight excluding hydrogens is 210 g/mol. The molecule has 2 rings (SSSR count). The molecule has 1 aromatic rings. The van der Waals surface area contributed by atoms with Gasteiger partial charge in [-0.1, -0.05) is 17.7 Å². The molecule has 1 saturated heterocycles. The summed E-state index contributed by atoms with van der Waals surface area (Å²) < 4.78 is 0. The van der Waals surface area contributed by atoms with Gasteiger partial charge in [-0.3, -0.25) is 4.90 Å². The lowest BCUT2D eigenvalue weighted by Gasteiger charge is -2.40. The zero-order valence-corrected chi connectivity index (χ0v) is 10.9. The van der Waals surface area contributed by atoms with E-state index in [1.54, 1.807) is 0 Å². The Labute approximate surface area is 104 Å². The maximum absolute atomic E-state index is 5.63. The number of hydrogen-bond donors (Lipinski definition) is 1. The molecule has 0 bridgehead atoms. The molecule has 3 heteroatoms. The highest BCUT2D eigenvalue weighted by Gasteiger charge is 2.22. The number of nitrogens with two attached hydrogens (primary N) is 1. The second-order valence-electron chi connectivity index (χ2n) is 4.96. The number of anilines is 1. The summed E-state index contributed by atoms with van der Waals surface area (Å²) in [7, 11) is 0. The summed E-state index contributed by atoms with van der Waals surface area (Å²) in [6, 6.07) is 9.41. The van der Waals surface area contributed by atoms with Gasteiger partial charge in [0.25, 0.3) is 0 Å². The van der Waals surface area contributed by atoms with Crippen LogP contribution in [0.25, 0.3) is 0 Å². The molecule has 0 radical (unpaired) electrons. The minimum absolute atomic E-state index is 0.591. The largest absolute Gasteiger partial charge is 0.369 e. The van der Waals surface area contributed by atoms with Crippen molar-refractivity contribution in [2.75, 3.05) is 37.6 Å². The van der Waals surface area contributed by atoms with Gasteiger partial charge < -0.3 is 10.6 Å². The Morgan fingerprint density at radius 1 is 1.24 bits per heavy atom. The van der Waals surface area contributed by atoms with E-state index in [1.807, 2.05) is 0 Å². The van der Waals surface area contributed by atoms with E-state index in [0.29, 0.717) is 6.04 Å². The predicted octanol–water partition coefficient (Wildman–Crippen LogP) is 1.46. The fourth-order valence-electron chi connectivity index (χ4n) is 2.48. The topological polar surface area (TPSA) is 32.5 Å². The van der Waals surface area contributed by atoms with Crippen molar-refractivity contribution >= 4 is 5.69 Å². The number of piperazine rings is 1. The second-order valence-corrected chi connectivity index (χ2v) is 4.96. The van der Waals surface area contributed by atoms with E-state index < -0.39 is 0 Å². The molecule has 1 atom stereocenters. The van der Waals surface area contributed by atoms with Crippen molar-refractivity contribution < 1.29 is 0 Å². The third-order valence-corrected chi connectivity index (χ3v) is 3.58. The van der Waals surface area contributed by atoms with E-state index in [1.165, 1.54) is 11.3 Å². The van der Waals surface area contributed by atoms with Gasteiger partial charge in [-0.05, 0) is 26.0 Å². The first kappa shape index (κ1) is 12.4. The van der Waals surface area contributed by atoms with E-state index in [4.69, 9.17) is 5.73 Å². The first-order valence-electron chi connectivity index (χ1n) is 6.46. The van der Waals surface area contributed by atoms with Gasteiger partial charge in [0.15, 0.2) is 0 Å². The van der Waals surface area contributed by atoms with E-state index in [0.717, 1.165) is 32.7 Å². The van der Waals surface area contributed by atoms with Crippen molar-refractivity contribution in [3.63, 3.8) is 0 Å². The van der Waals surface area contributed by atoms with Crippen LogP contribution in [0.4, 0.5) is 5.69 Å². The maximum atomic E-state index is 5.63. The van der Waals surface area contributed by atoms with Crippen molar-refractivity contribution in [1.29, 1.82) is 0 Å². The Bertz CT molecular complexity index is 347. The number of benzene rings is 1. The van der Waals surface area contributed by atoms with Crippen molar-refractivity contribution in [2.24, 2.45) is 5.73 Å². The second kappa shape index (κ2) is 5.52. The molecule has 1 heterocycles. The third-order valence-electron chi connectivity index (χ3n) is 3.58. The molecule has 2 N–H and O–H groups in total. The van der Waals surface area contributed by atoms with Crippen LogP contribution in [0.3, 0.4) is 0 Å². The summed E-state index contributed by atoms with van der Waals surface area (Å²) in [6.07, 6.45) is 0. The first-order valence-corrected chi connectivity index (χ1v) is 6.46. The Morgan fingerprint density at radius 2 is 1.94 bits per heavy atom. The molecule has 1 aliphatic rings. The number of aryl methyl sites for hydroxylation is 1. The standard InChI is InChI=1S/C14H23N3/c1-12-3-5-14(6-4-12)17-10-9-16(8-7-15)13(2)11-17/h3-6,13H,7-11,15H2,1-2H3. The molecule has 0 amide bonds. The fraction of sp³-hybridized carbons (Fsp3) is 0.571. The fourth-order valence-corrected chi connectivity index (χ4v) is 2.48. The normalized spacial score (nSPS) is 21.8. The summed E-state index contributed by atoms with van der Waals surface area (Å²) in [5.41, 5.74) is 8.29. The van der Waals surface area contributed by atoms with E-state index >= 15 is 0 Å². The molecule has 1 aromatic carbocycles. The van der Waals surface area contributed by atoms with Crippen LogP contribution >= 0.6 is 0 Å². The van der Waals surface area contributed by atoms with E-state index in [2.05, 4.69) is 47.9 Å². The molecule has 94 valence electrons. The highest BCUT2D eigenvalue weighted by Crippen LogP contribution is 2.19. The van der Waals surface area contributed by atoms with Crippen LogP contribution in [-0.4, -0.2) is 43.7 Å². The predicted molar refractivity (Wildman–Crippen MR) is 73.5 cm³/mol. The Kier molecular flexibility index (Phi) is 4.02. The molecular formula is C14H23N3. The summed E-state index contributed by atoms with van der Waals surface area (Å²) in [5, 5.41) is 0. The van der Waals surface area contributed by atoms with Gasteiger partial charge in [-0.2, -0.15) is 0 Å². The summed E-state index contributed by atoms with van der Waals surface area (Å²) >= 11 is 0. The van der Waals surface area contributed by atoms with Crippen LogP contribution in [0.1, 0.15) is 12.5 Å². The van der Waals surface area contributed by atoms with Crippen molar-refractivity contribution in [3.8, 4) is 0 Å². The quantitative estimate of drug-likeness (QED) is 0.858. The van der Waals surface area contributed by atoms with Gasteiger partial charge in [0.1, 0.15) is 0 Å². The molecule has 0 aliphatic carbocycles. The van der Waals surface area contributed by atoms with Crippen LogP contribution < -0.4 is 10.6 Å². The maximum Gasteiger partial charge on any atom is 0.0367 e. The summed E-state index contributed by atoms with van der Waals surface area (Å²) in [5.74, 6) is 0. The molecule has 1 aliphatic heterocycles. The summed E-state index contributed by atoms with van der Waals surface area (Å²) in [4.78, 5) is 4.95. The molecule has 1 unspecified atom stereocenters. The zero-order valence-electron chi connectivity index (χ0n) is 10.9. The smallest absolute Gasteiger partial charge is 0.0367 e. The first-order chi connectivity index (χ1) is 8.20. The van der Waals surface area contributed by atoms with Gasteiger partial charge in [0.05, 0.1) is 0 Å². The average Bonchev–Trinajstić information content (AvgIpc) is 2.33. The van der Waals surface area contributed by atoms with Crippen LogP contribution in [0.2, 0.25) is 0 Å². The average molecular weight is 233 g/mol.